The molecule has 0 N–H and O–H groups in total. The van der Waals surface area contributed by atoms with E-state index in [1.165, 1.54) is 97.0 Å². The monoisotopic (exact) mass is 805 g/mol. The molecule has 0 amide bonds. The molecule has 0 radical (unpaired) electrons. The first-order valence-corrected chi connectivity index (χ1v) is 22.1. The van der Waals surface area contributed by atoms with Crippen LogP contribution < -0.4 is 4.90 Å². The Kier molecular flexibility index (Phi) is 8.76. The first-order chi connectivity index (χ1) is 30.8. The van der Waals surface area contributed by atoms with Crippen molar-refractivity contribution in [1.29, 1.82) is 0 Å². The van der Waals surface area contributed by atoms with Gasteiger partial charge in [-0.05, 0) is 108 Å². The van der Waals surface area contributed by atoms with Crippen molar-refractivity contribution in [2.45, 2.75) is 0 Å². The zero-order valence-corrected chi connectivity index (χ0v) is 34.7. The van der Waals surface area contributed by atoms with Crippen LogP contribution in [0.2, 0.25) is 0 Å². The molecule has 0 bridgehead atoms. The van der Waals surface area contributed by atoms with Crippen LogP contribution in [0.4, 0.5) is 17.1 Å². The van der Waals surface area contributed by atoms with Crippen molar-refractivity contribution in [2.24, 2.45) is 0 Å². The number of anilines is 3. The van der Waals surface area contributed by atoms with Gasteiger partial charge in [0, 0.05) is 37.1 Å². The Bertz CT molecular complexity index is 3630. The molecule has 62 heavy (non-hydrogen) atoms. The van der Waals surface area contributed by atoms with Gasteiger partial charge in [-0.1, -0.05) is 200 Å². The summed E-state index contributed by atoms with van der Waals surface area (Å²) < 4.78 is 2.63. The van der Waals surface area contributed by atoms with Crippen molar-refractivity contribution in [3.8, 4) is 44.5 Å². The average Bonchev–Trinajstić information content (AvgIpc) is 3.73. The number of nitrogens with zero attached hydrogens (tertiary/aromatic N) is 1. The van der Waals surface area contributed by atoms with Gasteiger partial charge in [-0.15, -0.1) is 11.3 Å². The summed E-state index contributed by atoms with van der Waals surface area (Å²) in [5.41, 5.74) is 13.0. The molecule has 0 aliphatic rings. The van der Waals surface area contributed by atoms with Crippen LogP contribution in [0.3, 0.4) is 0 Å². The first-order valence-electron chi connectivity index (χ1n) is 21.3. The zero-order chi connectivity index (χ0) is 41.0. The minimum atomic E-state index is 1.09. The van der Waals surface area contributed by atoms with E-state index in [2.05, 4.69) is 241 Å². The molecule has 0 unspecified atom stereocenters. The Balaban J connectivity index is 1.06. The van der Waals surface area contributed by atoms with Crippen molar-refractivity contribution >= 4 is 80.9 Å². The Morgan fingerprint density at radius 3 is 1.76 bits per heavy atom. The fourth-order valence-electron chi connectivity index (χ4n) is 9.62. The summed E-state index contributed by atoms with van der Waals surface area (Å²) in [5, 5.41) is 10.2. The maximum atomic E-state index is 2.45. The molecule has 0 spiro atoms. The lowest BCUT2D eigenvalue weighted by Gasteiger charge is -2.29. The van der Waals surface area contributed by atoms with E-state index in [-0.39, 0.29) is 0 Å². The van der Waals surface area contributed by atoms with Crippen LogP contribution in [-0.2, 0) is 0 Å². The Morgan fingerprint density at radius 2 is 0.887 bits per heavy atom. The summed E-state index contributed by atoms with van der Waals surface area (Å²) in [6, 6.07) is 86.8. The summed E-state index contributed by atoms with van der Waals surface area (Å²) >= 11 is 1.88. The Labute approximate surface area is 365 Å². The molecule has 0 fully saturated rings. The van der Waals surface area contributed by atoms with Gasteiger partial charge in [0.25, 0.3) is 0 Å². The maximum Gasteiger partial charge on any atom is 0.0540 e. The molecule has 2 heteroatoms. The Hall–Kier alpha value is -7.78. The van der Waals surface area contributed by atoms with E-state index >= 15 is 0 Å². The molecule has 12 rings (SSSR count). The number of hydrogen-bond donors (Lipinski definition) is 0. The highest BCUT2D eigenvalue weighted by molar-refractivity contribution is 7.26. The van der Waals surface area contributed by atoms with Gasteiger partial charge in [-0.25, -0.2) is 0 Å². The molecular formula is C60H39NS. The molecule has 0 saturated heterocycles. The number of benzene rings is 11. The third-order valence-electron chi connectivity index (χ3n) is 12.5. The van der Waals surface area contributed by atoms with Gasteiger partial charge >= 0.3 is 0 Å². The third-order valence-corrected chi connectivity index (χ3v) is 13.7. The highest BCUT2D eigenvalue weighted by Crippen LogP contribution is 2.47. The summed E-state index contributed by atoms with van der Waals surface area (Å²) in [6.07, 6.45) is 0. The fraction of sp³-hybridized carbons (Fsp3) is 0. The second kappa shape index (κ2) is 15.0. The number of fused-ring (bicyclic) bond motifs is 7. The average molecular weight is 806 g/mol. The smallest absolute Gasteiger partial charge is 0.0540 e. The van der Waals surface area contributed by atoms with E-state index in [0.717, 1.165) is 17.1 Å². The van der Waals surface area contributed by atoms with Crippen LogP contribution >= 0.6 is 11.3 Å². The van der Waals surface area contributed by atoms with E-state index in [9.17, 15) is 0 Å². The lowest BCUT2D eigenvalue weighted by molar-refractivity contribution is 1.28. The fourth-order valence-corrected chi connectivity index (χ4v) is 10.9. The van der Waals surface area contributed by atoms with Crippen LogP contribution in [-0.4, -0.2) is 0 Å². The topological polar surface area (TPSA) is 3.24 Å². The van der Waals surface area contributed by atoms with E-state index in [1.54, 1.807) is 0 Å². The van der Waals surface area contributed by atoms with Crippen LogP contribution in [0.15, 0.2) is 237 Å². The predicted octanol–water partition coefficient (Wildman–Crippen LogP) is 17.7. The third kappa shape index (κ3) is 6.07. The predicted molar refractivity (Wildman–Crippen MR) is 268 cm³/mol. The lowest BCUT2D eigenvalue weighted by atomic mass is 9.90. The molecule has 12 aromatic rings. The Morgan fingerprint density at radius 1 is 0.290 bits per heavy atom. The van der Waals surface area contributed by atoms with Crippen LogP contribution in [0.25, 0.3) is 97.0 Å². The van der Waals surface area contributed by atoms with Crippen LogP contribution in [0.1, 0.15) is 0 Å². The van der Waals surface area contributed by atoms with E-state index < -0.39 is 0 Å². The molecule has 1 heterocycles. The standard InChI is InChI=1S/C60H39NS/c1-2-15-40(16-3-1)49-26-11-18-43-19-12-29-55(59(43)49)53-23-6-8-31-57(53)61(46-21-10-20-44(39-46)50-27-14-30-56-54-24-7-9-32-58(54)62-60(50)56)45-36-33-42(34-37-45)48-25-13-28-51-47-22-5-4-17-41(47)35-38-52(48)51/h1-39H. The van der Waals surface area contributed by atoms with Crippen molar-refractivity contribution in [1.82, 2.24) is 0 Å². The van der Waals surface area contributed by atoms with Gasteiger partial charge < -0.3 is 4.90 Å². The highest BCUT2D eigenvalue weighted by Gasteiger charge is 2.21. The zero-order valence-electron chi connectivity index (χ0n) is 33.9. The van der Waals surface area contributed by atoms with Gasteiger partial charge in [0.15, 0.2) is 0 Å². The molecule has 290 valence electrons. The molecule has 11 aromatic carbocycles. The molecule has 0 aliphatic heterocycles. The molecule has 0 aliphatic carbocycles. The second-order valence-electron chi connectivity index (χ2n) is 16.0. The number of rotatable bonds is 7. The van der Waals surface area contributed by atoms with E-state index in [0.29, 0.717) is 0 Å². The first kappa shape index (κ1) is 36.1. The van der Waals surface area contributed by atoms with Crippen LogP contribution in [0, 0.1) is 0 Å². The minimum Gasteiger partial charge on any atom is -0.310 e. The highest BCUT2D eigenvalue weighted by atomic mass is 32.1. The number of hydrogen-bond acceptors (Lipinski definition) is 2. The summed E-state index contributed by atoms with van der Waals surface area (Å²) in [4.78, 5) is 2.45. The van der Waals surface area contributed by atoms with Crippen molar-refractivity contribution in [2.75, 3.05) is 4.90 Å². The summed E-state index contributed by atoms with van der Waals surface area (Å²) in [5.74, 6) is 0. The lowest BCUT2D eigenvalue weighted by Crippen LogP contribution is -2.11. The minimum absolute atomic E-state index is 1.09. The second-order valence-corrected chi connectivity index (χ2v) is 17.0. The van der Waals surface area contributed by atoms with Gasteiger partial charge in [0.1, 0.15) is 0 Å². The maximum absolute atomic E-state index is 2.45. The molecule has 0 atom stereocenters. The molecular weight excluding hydrogens is 767 g/mol. The van der Waals surface area contributed by atoms with Gasteiger partial charge in [-0.3, -0.25) is 0 Å². The normalized spacial score (nSPS) is 11.5. The quantitative estimate of drug-likeness (QED) is 0.145. The largest absolute Gasteiger partial charge is 0.310 e. The van der Waals surface area contributed by atoms with E-state index in [4.69, 9.17) is 0 Å². The van der Waals surface area contributed by atoms with Gasteiger partial charge in [0.2, 0.25) is 0 Å². The van der Waals surface area contributed by atoms with Crippen molar-refractivity contribution in [3.63, 3.8) is 0 Å². The van der Waals surface area contributed by atoms with Gasteiger partial charge in [-0.2, -0.15) is 0 Å². The summed E-state index contributed by atoms with van der Waals surface area (Å²) in [7, 11) is 0. The number of para-hydroxylation sites is 1. The van der Waals surface area contributed by atoms with Gasteiger partial charge in [0.05, 0.1) is 5.69 Å². The molecule has 1 nitrogen and oxygen atoms in total. The molecule has 0 saturated carbocycles. The SMILES string of the molecule is c1ccc(-c2cccc3cccc(-c4ccccc4N(c4ccc(-c5cccc6c5ccc5ccccc56)cc4)c4cccc(-c5cccc6c5sc5ccccc56)c4)c23)cc1. The molecule has 1 aromatic heterocycles. The van der Waals surface area contributed by atoms with E-state index in [1.807, 2.05) is 11.3 Å². The number of thiophene rings is 1. The van der Waals surface area contributed by atoms with Crippen molar-refractivity contribution < 1.29 is 0 Å². The van der Waals surface area contributed by atoms with Crippen molar-refractivity contribution in [3.05, 3.63) is 237 Å². The van der Waals surface area contributed by atoms with Crippen LogP contribution in [0.5, 0.6) is 0 Å². The summed E-state index contributed by atoms with van der Waals surface area (Å²) in [6.45, 7) is 0.